The molecule has 0 amide bonds. The zero-order valence-corrected chi connectivity index (χ0v) is 19.5. The molecule has 3 aromatic carbocycles. The summed E-state index contributed by atoms with van der Waals surface area (Å²) in [6, 6.07) is 29.7. The van der Waals surface area contributed by atoms with Gasteiger partial charge in [-0.15, -0.1) is 0 Å². The molecule has 0 bridgehead atoms. The molecular weight excluding hydrogens is 460 g/mol. The van der Waals surface area contributed by atoms with E-state index >= 15 is 0 Å². The summed E-state index contributed by atoms with van der Waals surface area (Å²) in [5, 5.41) is 0.941. The Morgan fingerprint density at radius 2 is 1.24 bits per heavy atom. The quantitative estimate of drug-likeness (QED) is 0.281. The predicted molar refractivity (Wildman–Crippen MR) is 142 cm³/mol. The van der Waals surface area contributed by atoms with E-state index in [1.165, 1.54) is 6.33 Å². The van der Waals surface area contributed by atoms with Gasteiger partial charge in [0.05, 0.1) is 6.20 Å². The molecule has 0 radical (unpaired) electrons. The summed E-state index contributed by atoms with van der Waals surface area (Å²) in [5.74, 6) is 1.71. The third-order valence-electron chi connectivity index (χ3n) is 6.16. The Morgan fingerprint density at radius 1 is 0.541 bits per heavy atom. The van der Waals surface area contributed by atoms with Crippen molar-refractivity contribution in [1.29, 1.82) is 0 Å². The van der Waals surface area contributed by atoms with E-state index in [1.54, 1.807) is 6.20 Å². The van der Waals surface area contributed by atoms with Gasteiger partial charge in [0.15, 0.2) is 23.1 Å². The van der Waals surface area contributed by atoms with Gasteiger partial charge in [0.1, 0.15) is 23.1 Å². The fraction of sp³-hybridized carbons (Fsp3) is 0. The van der Waals surface area contributed by atoms with Gasteiger partial charge < -0.3 is 4.42 Å². The molecule has 0 spiro atoms. The van der Waals surface area contributed by atoms with Gasteiger partial charge in [0, 0.05) is 33.8 Å². The first-order chi connectivity index (χ1) is 18.3. The third kappa shape index (κ3) is 3.79. The second kappa shape index (κ2) is 8.73. The van der Waals surface area contributed by atoms with Gasteiger partial charge in [-0.2, -0.15) is 0 Å². The van der Waals surface area contributed by atoms with Crippen LogP contribution in [0.2, 0.25) is 0 Å². The zero-order valence-electron chi connectivity index (χ0n) is 19.5. The molecule has 0 saturated heterocycles. The monoisotopic (exact) mass is 478 g/mol. The summed E-state index contributed by atoms with van der Waals surface area (Å²) in [6.45, 7) is 0. The molecule has 0 atom stereocenters. The molecular formula is C30H18N6O. The molecule has 7 aromatic rings. The van der Waals surface area contributed by atoms with Crippen molar-refractivity contribution in [2.24, 2.45) is 0 Å². The molecule has 0 aliphatic carbocycles. The van der Waals surface area contributed by atoms with Crippen molar-refractivity contribution < 1.29 is 4.42 Å². The molecule has 37 heavy (non-hydrogen) atoms. The predicted octanol–water partition coefficient (Wildman–Crippen LogP) is 6.62. The molecule has 174 valence electrons. The van der Waals surface area contributed by atoms with E-state index in [1.807, 2.05) is 97.2 Å². The summed E-state index contributed by atoms with van der Waals surface area (Å²) < 4.78 is 6.10. The lowest BCUT2D eigenvalue weighted by atomic mass is 10.0. The Labute approximate surface area is 211 Å². The number of pyridine rings is 1. The average Bonchev–Trinajstić information content (AvgIpc) is 3.37. The van der Waals surface area contributed by atoms with E-state index in [-0.39, 0.29) is 0 Å². The van der Waals surface area contributed by atoms with Gasteiger partial charge in [-0.05, 0) is 12.1 Å². The van der Waals surface area contributed by atoms with Crippen molar-refractivity contribution >= 4 is 22.1 Å². The van der Waals surface area contributed by atoms with Gasteiger partial charge in [-0.1, -0.05) is 78.9 Å². The normalized spacial score (nSPS) is 11.2. The largest absolute Gasteiger partial charge is 0.452 e. The number of rotatable bonds is 4. The minimum Gasteiger partial charge on any atom is -0.452 e. The molecule has 7 heteroatoms. The molecule has 0 aliphatic heterocycles. The van der Waals surface area contributed by atoms with E-state index in [2.05, 4.69) is 9.97 Å². The molecule has 4 aromatic heterocycles. The van der Waals surface area contributed by atoms with Gasteiger partial charge in [0.25, 0.3) is 0 Å². The summed E-state index contributed by atoms with van der Waals surface area (Å²) in [7, 11) is 0. The zero-order chi connectivity index (χ0) is 24.6. The molecule has 0 N–H and O–H groups in total. The van der Waals surface area contributed by atoms with Crippen molar-refractivity contribution in [2.75, 3.05) is 0 Å². The van der Waals surface area contributed by atoms with Gasteiger partial charge in [-0.3, -0.25) is 4.98 Å². The van der Waals surface area contributed by atoms with Crippen LogP contribution in [0.1, 0.15) is 0 Å². The summed E-state index contributed by atoms with van der Waals surface area (Å²) in [5.41, 5.74) is 6.54. The Balaban J connectivity index is 1.33. The topological polar surface area (TPSA) is 90.5 Å². The maximum absolute atomic E-state index is 6.10. The molecule has 7 rings (SSSR count). The summed E-state index contributed by atoms with van der Waals surface area (Å²) in [4.78, 5) is 27.5. The fourth-order valence-electron chi connectivity index (χ4n) is 4.37. The van der Waals surface area contributed by atoms with Crippen LogP contribution in [0, 0.1) is 0 Å². The smallest absolute Gasteiger partial charge is 0.182 e. The molecule has 4 heterocycles. The lowest BCUT2D eigenvalue weighted by Gasteiger charge is -2.08. The van der Waals surface area contributed by atoms with Crippen LogP contribution in [-0.2, 0) is 0 Å². The second-order valence-electron chi connectivity index (χ2n) is 8.49. The molecule has 7 nitrogen and oxygen atoms in total. The second-order valence-corrected chi connectivity index (χ2v) is 8.49. The maximum Gasteiger partial charge on any atom is 0.182 e. The van der Waals surface area contributed by atoms with Crippen LogP contribution < -0.4 is 0 Å². The molecule has 0 fully saturated rings. The van der Waals surface area contributed by atoms with Crippen molar-refractivity contribution in [3.05, 3.63) is 110 Å². The Kier molecular flexibility index (Phi) is 4.96. The first-order valence-corrected chi connectivity index (χ1v) is 11.8. The lowest BCUT2D eigenvalue weighted by molar-refractivity contribution is 0.666. The summed E-state index contributed by atoms with van der Waals surface area (Å²) >= 11 is 0. The number of hydrogen-bond donors (Lipinski definition) is 0. The van der Waals surface area contributed by atoms with E-state index < -0.39 is 0 Å². The van der Waals surface area contributed by atoms with Gasteiger partial charge >= 0.3 is 0 Å². The van der Waals surface area contributed by atoms with Crippen molar-refractivity contribution in [1.82, 2.24) is 29.9 Å². The number of nitrogens with zero attached hydrogens (tertiary/aromatic N) is 6. The highest BCUT2D eigenvalue weighted by atomic mass is 16.3. The SMILES string of the molecule is c1ccc(-c2nc(-c3ccccc3)nc(-c3ccc(-c4cccc5c4oc4cncnc45)cn3)n2)cc1. The van der Waals surface area contributed by atoms with Gasteiger partial charge in [-0.25, -0.2) is 24.9 Å². The lowest BCUT2D eigenvalue weighted by Crippen LogP contribution is -2.01. The number of benzene rings is 3. The summed E-state index contributed by atoms with van der Waals surface area (Å²) in [6.07, 6.45) is 5.03. The maximum atomic E-state index is 6.10. The Hall–Kier alpha value is -5.30. The van der Waals surface area contributed by atoms with Crippen LogP contribution in [0.3, 0.4) is 0 Å². The van der Waals surface area contributed by atoms with Crippen molar-refractivity contribution in [3.8, 4) is 45.4 Å². The van der Waals surface area contributed by atoms with Crippen LogP contribution in [-0.4, -0.2) is 29.9 Å². The van der Waals surface area contributed by atoms with Crippen molar-refractivity contribution in [2.45, 2.75) is 0 Å². The molecule has 0 unspecified atom stereocenters. The first-order valence-electron chi connectivity index (χ1n) is 11.8. The number of para-hydroxylation sites is 1. The minimum atomic E-state index is 0.511. The van der Waals surface area contributed by atoms with E-state index in [9.17, 15) is 0 Å². The van der Waals surface area contributed by atoms with E-state index in [4.69, 9.17) is 24.4 Å². The average molecular weight is 479 g/mol. The van der Waals surface area contributed by atoms with Gasteiger partial charge in [0.2, 0.25) is 0 Å². The Bertz CT molecular complexity index is 1810. The van der Waals surface area contributed by atoms with E-state index in [0.29, 0.717) is 28.8 Å². The van der Waals surface area contributed by atoms with Crippen molar-refractivity contribution in [3.63, 3.8) is 0 Å². The highest BCUT2D eigenvalue weighted by molar-refractivity contribution is 6.07. The molecule has 0 aliphatic rings. The minimum absolute atomic E-state index is 0.511. The highest BCUT2D eigenvalue weighted by Gasteiger charge is 2.15. The van der Waals surface area contributed by atoms with Crippen LogP contribution in [0.25, 0.3) is 67.5 Å². The van der Waals surface area contributed by atoms with E-state index in [0.717, 1.165) is 38.7 Å². The third-order valence-corrected chi connectivity index (χ3v) is 6.16. The molecule has 0 saturated carbocycles. The first kappa shape index (κ1) is 21.0. The Morgan fingerprint density at radius 3 is 1.92 bits per heavy atom. The van der Waals surface area contributed by atoms with Crippen LogP contribution in [0.15, 0.2) is 114 Å². The highest BCUT2D eigenvalue weighted by Crippen LogP contribution is 2.34. The number of fused-ring (bicyclic) bond motifs is 3. The van der Waals surface area contributed by atoms with Crippen LogP contribution >= 0.6 is 0 Å². The standard InChI is InChI=1S/C30H18N6O/c1-3-8-19(9-4-1)28-34-29(20-10-5-2-6-11-20)36-30(35-28)24-15-14-21(16-32-24)22-12-7-13-23-26-25(37-27(22)23)17-31-18-33-26/h1-18H. The van der Waals surface area contributed by atoms with Crippen LogP contribution in [0.4, 0.5) is 0 Å². The number of furan rings is 1. The fourth-order valence-corrected chi connectivity index (χ4v) is 4.37. The number of aromatic nitrogens is 6. The number of hydrogen-bond acceptors (Lipinski definition) is 7. The van der Waals surface area contributed by atoms with Crippen LogP contribution in [0.5, 0.6) is 0 Å².